The molecule has 0 saturated heterocycles. The van der Waals surface area contributed by atoms with Crippen LogP contribution < -0.4 is 17.0 Å². The topological polar surface area (TPSA) is 18.5 Å². The maximum Gasteiger partial charge on any atom is 0.207 e. The van der Waals surface area contributed by atoms with Crippen LogP contribution in [0.25, 0.3) is 0 Å². The third-order valence-electron chi connectivity index (χ3n) is 1.87. The van der Waals surface area contributed by atoms with Gasteiger partial charge in [0.05, 0.1) is 14.1 Å². The smallest absolute Gasteiger partial charge is 0.207 e. The molecule has 0 atom stereocenters. The number of ether oxygens (including phenoxy) is 2. The van der Waals surface area contributed by atoms with Gasteiger partial charge in [-0.15, -0.1) is 6.42 Å². The average Bonchev–Trinajstić information content (AvgIpc) is 2.03. The molecule has 4 heteroatoms. The van der Waals surface area contributed by atoms with Crippen LogP contribution in [0.3, 0.4) is 0 Å². The van der Waals surface area contributed by atoms with Gasteiger partial charge in [0, 0.05) is 13.2 Å². The summed E-state index contributed by atoms with van der Waals surface area (Å²) in [4.78, 5) is 0. The van der Waals surface area contributed by atoms with Gasteiger partial charge >= 0.3 is 0 Å². The van der Waals surface area contributed by atoms with Crippen LogP contribution in [0, 0.1) is 12.3 Å². The van der Waals surface area contributed by atoms with Gasteiger partial charge in [-0.1, -0.05) is 0 Å². The minimum absolute atomic E-state index is 0. The molecule has 3 nitrogen and oxygen atoms in total. The monoisotopic (exact) mass is 279 g/mol. The first-order valence-electron chi connectivity index (χ1n) is 5.04. The normalized spacial score (nSPS) is 10.9. The van der Waals surface area contributed by atoms with E-state index in [1.807, 2.05) is 13.8 Å². The highest BCUT2D eigenvalue weighted by Crippen LogP contribution is 2.04. The molecule has 0 radical (unpaired) electrons. The number of rotatable bonds is 7. The molecule has 0 aliphatic heterocycles. The number of hydrogen-bond donors (Lipinski definition) is 0. The summed E-state index contributed by atoms with van der Waals surface area (Å²) in [5.41, 5.74) is 0. The van der Waals surface area contributed by atoms with Gasteiger partial charge in [-0.2, -0.15) is 0 Å². The fourth-order valence-electron chi connectivity index (χ4n) is 1.24. The van der Waals surface area contributed by atoms with Crippen molar-refractivity contribution < 1.29 is 30.9 Å². The summed E-state index contributed by atoms with van der Waals surface area (Å²) in [5, 5.41) is 0. The van der Waals surface area contributed by atoms with Gasteiger partial charge in [-0.3, -0.25) is 0 Å². The lowest BCUT2D eigenvalue weighted by Crippen LogP contribution is -3.00. The molecule has 0 aromatic carbocycles. The first-order chi connectivity index (χ1) is 6.55. The van der Waals surface area contributed by atoms with E-state index in [9.17, 15) is 0 Å². The van der Waals surface area contributed by atoms with Gasteiger partial charge in [0.2, 0.25) is 6.29 Å². The van der Waals surface area contributed by atoms with E-state index >= 15 is 0 Å². The van der Waals surface area contributed by atoms with Gasteiger partial charge in [0.1, 0.15) is 13.1 Å². The summed E-state index contributed by atoms with van der Waals surface area (Å²) in [7, 11) is 4.15. The molecule has 0 aromatic rings. The average molecular weight is 280 g/mol. The number of quaternary nitrogens is 1. The summed E-state index contributed by atoms with van der Waals surface area (Å²) in [6, 6.07) is 0. The van der Waals surface area contributed by atoms with E-state index in [4.69, 9.17) is 15.9 Å². The van der Waals surface area contributed by atoms with Crippen molar-refractivity contribution in [2.75, 3.05) is 40.4 Å². The van der Waals surface area contributed by atoms with Gasteiger partial charge in [0.15, 0.2) is 0 Å². The molecular weight excluding hydrogens is 258 g/mol. The molecule has 0 saturated carbocycles. The fraction of sp³-hybridized carbons (Fsp3) is 0.818. The van der Waals surface area contributed by atoms with Crippen LogP contribution in [0.2, 0.25) is 0 Å². The van der Waals surface area contributed by atoms with E-state index < -0.39 is 0 Å². The standard InChI is InChI=1S/C11H22NO2.BrH/c1-6-9-12(4,5)10-11(13-7-2)14-8-3;/h1,11H,7-10H2,2-5H3;1H/q+1;/p-1. The molecule has 15 heavy (non-hydrogen) atoms. The quantitative estimate of drug-likeness (QED) is 0.308. The van der Waals surface area contributed by atoms with E-state index in [2.05, 4.69) is 20.0 Å². The number of terminal acetylenes is 1. The molecule has 0 aliphatic carbocycles. The Hall–Kier alpha value is -0.0800. The number of halogens is 1. The van der Waals surface area contributed by atoms with E-state index in [1.54, 1.807) is 0 Å². The van der Waals surface area contributed by atoms with Gasteiger partial charge < -0.3 is 30.9 Å². The Labute approximate surface area is 104 Å². The first kappa shape index (κ1) is 17.3. The summed E-state index contributed by atoms with van der Waals surface area (Å²) in [5.74, 6) is 2.66. The molecule has 0 amide bonds. The maximum atomic E-state index is 5.46. The van der Waals surface area contributed by atoms with Crippen LogP contribution in [0.5, 0.6) is 0 Å². The third kappa shape index (κ3) is 8.88. The van der Waals surface area contributed by atoms with Gasteiger partial charge in [-0.25, -0.2) is 0 Å². The zero-order valence-corrected chi connectivity index (χ0v) is 11.7. The summed E-state index contributed by atoms with van der Waals surface area (Å²) < 4.78 is 11.6. The lowest BCUT2D eigenvalue weighted by molar-refractivity contribution is -0.889. The summed E-state index contributed by atoms with van der Waals surface area (Å²) >= 11 is 0. The van der Waals surface area contributed by atoms with Crippen molar-refractivity contribution >= 4 is 0 Å². The second kappa shape index (κ2) is 9.17. The maximum absolute atomic E-state index is 5.46. The van der Waals surface area contributed by atoms with Crippen LogP contribution in [-0.2, 0) is 9.47 Å². The molecule has 0 N–H and O–H groups in total. The Bertz CT molecular complexity index is 184. The van der Waals surface area contributed by atoms with E-state index in [-0.39, 0.29) is 23.3 Å². The Morgan fingerprint density at radius 1 is 1.20 bits per heavy atom. The molecule has 0 aromatic heterocycles. The third-order valence-corrected chi connectivity index (χ3v) is 1.87. The largest absolute Gasteiger partial charge is 1.00 e. The van der Waals surface area contributed by atoms with Crippen LogP contribution in [0.1, 0.15) is 13.8 Å². The molecule has 0 fully saturated rings. The van der Waals surface area contributed by atoms with Gasteiger partial charge in [-0.05, 0) is 19.8 Å². The van der Waals surface area contributed by atoms with Crippen molar-refractivity contribution in [2.24, 2.45) is 0 Å². The van der Waals surface area contributed by atoms with Gasteiger partial charge in [0.25, 0.3) is 0 Å². The zero-order valence-electron chi connectivity index (χ0n) is 10.1. The molecule has 90 valence electrons. The number of nitrogens with zero attached hydrogens (tertiary/aromatic N) is 1. The summed E-state index contributed by atoms with van der Waals surface area (Å²) in [6.07, 6.45) is 5.15. The molecule has 0 rings (SSSR count). The highest BCUT2D eigenvalue weighted by atomic mass is 79.9. The molecule has 0 bridgehead atoms. The van der Waals surface area contributed by atoms with E-state index in [0.29, 0.717) is 19.8 Å². The minimum Gasteiger partial charge on any atom is -1.00 e. The van der Waals surface area contributed by atoms with Crippen LogP contribution in [-0.4, -0.2) is 51.2 Å². The Morgan fingerprint density at radius 2 is 1.67 bits per heavy atom. The zero-order chi connectivity index (χ0) is 11.0. The predicted molar refractivity (Wildman–Crippen MR) is 57.7 cm³/mol. The molecule has 0 heterocycles. The molecule has 0 aliphatic rings. The minimum atomic E-state index is -0.145. The number of likely N-dealkylation sites (N-methyl/N-ethyl adjacent to an activating group) is 1. The molecule has 0 spiro atoms. The first-order valence-corrected chi connectivity index (χ1v) is 5.04. The number of hydrogen-bond acceptors (Lipinski definition) is 2. The second-order valence-corrected chi connectivity index (χ2v) is 3.82. The van der Waals surface area contributed by atoms with Crippen molar-refractivity contribution in [1.29, 1.82) is 0 Å². The van der Waals surface area contributed by atoms with Crippen LogP contribution in [0.4, 0.5) is 0 Å². The molecular formula is C11H22BrNO2. The SMILES string of the molecule is C#CC[N+](C)(C)CC(OCC)OCC.[Br-]. The Morgan fingerprint density at radius 3 is 2.00 bits per heavy atom. The highest BCUT2D eigenvalue weighted by Gasteiger charge is 2.21. The van der Waals surface area contributed by atoms with Crippen molar-refractivity contribution in [3.63, 3.8) is 0 Å². The lowest BCUT2D eigenvalue weighted by atomic mass is 10.4. The Kier molecular flexibility index (Phi) is 10.6. The second-order valence-electron chi connectivity index (χ2n) is 3.82. The Balaban J connectivity index is 0. The summed E-state index contributed by atoms with van der Waals surface area (Å²) in [6.45, 7) is 6.74. The van der Waals surface area contributed by atoms with E-state index in [0.717, 1.165) is 11.0 Å². The van der Waals surface area contributed by atoms with E-state index in [1.165, 1.54) is 0 Å². The lowest BCUT2D eigenvalue weighted by Gasteiger charge is -2.31. The van der Waals surface area contributed by atoms with Crippen LogP contribution in [0.15, 0.2) is 0 Å². The fourth-order valence-corrected chi connectivity index (χ4v) is 1.24. The molecule has 0 unspecified atom stereocenters. The van der Waals surface area contributed by atoms with Crippen molar-refractivity contribution in [3.05, 3.63) is 0 Å². The highest BCUT2D eigenvalue weighted by molar-refractivity contribution is 4.83. The predicted octanol–water partition coefficient (Wildman–Crippen LogP) is -1.90. The van der Waals surface area contributed by atoms with Crippen molar-refractivity contribution in [1.82, 2.24) is 0 Å². The van der Waals surface area contributed by atoms with Crippen LogP contribution >= 0.6 is 0 Å². The van der Waals surface area contributed by atoms with Crippen molar-refractivity contribution in [3.8, 4) is 12.3 Å². The van der Waals surface area contributed by atoms with Crippen molar-refractivity contribution in [2.45, 2.75) is 20.1 Å².